The molecular formula is C47H42F9N10O14PS. The summed E-state index contributed by atoms with van der Waals surface area (Å²) >= 11 is 0. The summed E-state index contributed by atoms with van der Waals surface area (Å²) < 4.78 is 184. The number of aliphatic carboxylic acids is 1. The van der Waals surface area contributed by atoms with Crippen LogP contribution in [0.1, 0.15) is 71.6 Å². The van der Waals surface area contributed by atoms with E-state index in [1.165, 1.54) is 26.1 Å². The second-order valence-corrected chi connectivity index (χ2v) is 21.6. The first-order valence-corrected chi connectivity index (χ1v) is 27.1. The van der Waals surface area contributed by atoms with Crippen LogP contribution in [0.25, 0.3) is 27.6 Å². The van der Waals surface area contributed by atoms with Crippen molar-refractivity contribution in [1.29, 1.82) is 0 Å². The largest absolute Gasteiger partial charge is 0.480 e. The number of aryl methyl sites for hydroxylation is 2. The Kier molecular flexibility index (Phi) is 16.6. The Hall–Kier alpha value is -8.12. The minimum absolute atomic E-state index is 0.160. The molecule has 0 fully saturated rings. The number of phosphoric acid groups is 1. The van der Waals surface area contributed by atoms with Crippen LogP contribution in [0.15, 0.2) is 47.3 Å². The number of benzene rings is 2. The van der Waals surface area contributed by atoms with E-state index in [4.69, 9.17) is 14.5 Å². The van der Waals surface area contributed by atoms with Gasteiger partial charge in [0.1, 0.15) is 47.9 Å². The molecular weight excluding hydrogens is 1160 g/mol. The van der Waals surface area contributed by atoms with E-state index in [0.717, 1.165) is 33.5 Å². The van der Waals surface area contributed by atoms with Crippen molar-refractivity contribution in [3.63, 3.8) is 0 Å². The standard InChI is InChI=1S/C47H42F9N10O14PS/c1-22-6-10-30(38-35(22)43(61-62(38)2)66(82(3,76)77)33(68)5-4-13-63(20-34(69)70)45(72)79-21-80-81(73,74)75)65-42(59-41-27(44(65)71)8-11-32(58-41)78-14-12-46(52,53)54)29(17-23-15-24(48)18-25(49)16-23)57-31(67)19-64-39-36(37(60-64)40(50)51)26-7-9-28(26)47(39,55)56/h6,8,10-11,15-16,18,26,28-29,40H,4-5,12-14,17,19-21H2,1-3H3,(H,57,67)(H,69,70)(H2,73,74,75)/t26-,28+,29-/m0/s1. The minimum Gasteiger partial charge on any atom is -0.480 e. The minimum atomic E-state index is -5.14. The van der Waals surface area contributed by atoms with E-state index in [1.807, 2.05) is 0 Å². The van der Waals surface area contributed by atoms with Crippen LogP contribution in [0.5, 0.6) is 5.88 Å². The number of phosphoric ester groups is 1. The molecule has 35 heteroatoms. The van der Waals surface area contributed by atoms with Gasteiger partial charge in [-0.1, -0.05) is 17.9 Å². The molecule has 4 N–H and O–H groups in total. The number of sulfonamides is 1. The summed E-state index contributed by atoms with van der Waals surface area (Å²) in [5.41, 5.74) is -5.03. The Labute approximate surface area is 454 Å². The normalized spacial score (nSPS) is 15.8. The van der Waals surface area contributed by atoms with Crippen LogP contribution in [0.2, 0.25) is 0 Å². The molecule has 0 unspecified atom stereocenters. The molecule has 2 aliphatic carbocycles. The number of amides is 3. The highest BCUT2D eigenvalue weighted by Gasteiger charge is 2.61. The molecule has 8 rings (SSSR count). The monoisotopic (exact) mass is 1200 g/mol. The third-order valence-electron chi connectivity index (χ3n) is 12.6. The zero-order valence-electron chi connectivity index (χ0n) is 42.3. The number of alkyl halides is 7. The molecule has 24 nitrogen and oxygen atoms in total. The van der Waals surface area contributed by atoms with Gasteiger partial charge in [-0.05, 0) is 48.7 Å². The van der Waals surface area contributed by atoms with Gasteiger partial charge in [0.05, 0.1) is 53.2 Å². The van der Waals surface area contributed by atoms with Crippen LogP contribution < -0.4 is 19.9 Å². The number of carboxylic acids is 1. The Balaban J connectivity index is 1.25. The molecule has 4 aromatic heterocycles. The number of aromatic nitrogens is 7. The maximum atomic E-state index is 15.8. The van der Waals surface area contributed by atoms with E-state index in [9.17, 15) is 68.0 Å². The number of hydrogen-bond donors (Lipinski definition) is 4. The van der Waals surface area contributed by atoms with E-state index in [1.54, 1.807) is 0 Å². The zero-order valence-corrected chi connectivity index (χ0v) is 44.0. The molecule has 0 saturated heterocycles. The summed E-state index contributed by atoms with van der Waals surface area (Å²) in [4.78, 5) is 94.7. The lowest BCUT2D eigenvalue weighted by molar-refractivity contribution is -0.140. The summed E-state index contributed by atoms with van der Waals surface area (Å²) in [7, 11) is -8.64. The number of anilines is 1. The average Bonchev–Trinajstić information content (AvgIpc) is 3.93. The molecule has 3 atom stereocenters. The first kappa shape index (κ1) is 60.0. The quantitative estimate of drug-likeness (QED) is 0.0290. The summed E-state index contributed by atoms with van der Waals surface area (Å²) in [6, 6.07) is 4.83. The molecule has 0 bridgehead atoms. The molecule has 82 heavy (non-hydrogen) atoms. The molecule has 0 aliphatic heterocycles. The van der Waals surface area contributed by atoms with Crippen molar-refractivity contribution >= 4 is 69.5 Å². The van der Waals surface area contributed by atoms with E-state index < -0.39 is 200 Å². The molecule has 2 aliphatic rings. The second kappa shape index (κ2) is 22.7. The summed E-state index contributed by atoms with van der Waals surface area (Å²) in [5, 5.41) is 19.2. The average molecular weight is 1200 g/mol. The Morgan fingerprint density at radius 3 is 2.32 bits per heavy atom. The van der Waals surface area contributed by atoms with Crippen molar-refractivity contribution in [2.24, 2.45) is 13.0 Å². The molecule has 438 valence electrons. The number of nitrogens with zero attached hydrogens (tertiary/aromatic N) is 9. The number of halogens is 9. The van der Waals surface area contributed by atoms with Gasteiger partial charge in [-0.3, -0.25) is 38.0 Å². The lowest BCUT2D eigenvalue weighted by Gasteiger charge is -2.25. The first-order valence-electron chi connectivity index (χ1n) is 23.7. The van der Waals surface area contributed by atoms with E-state index in [0.29, 0.717) is 21.9 Å². The van der Waals surface area contributed by atoms with Crippen LogP contribution in [-0.2, 0) is 64.2 Å². The van der Waals surface area contributed by atoms with Gasteiger partial charge in [0, 0.05) is 44.1 Å². The SMILES string of the molecule is Cc1ccc(-n2c([C@H](Cc3cc(F)cc(F)c3)NC(=O)Cn3nc(C(F)F)c4c3C(F)(F)[C@@H]3C#C[C@H]43)nc3nc(OCCC(F)(F)F)ccc3c2=O)c2c1c(N(C(=O)CCCN(CC(=O)O)C(=O)OCOP(=O)(O)O)S(C)(=O)=O)nn2C. The second-order valence-electron chi connectivity index (χ2n) is 18.5. The number of carboxylic acid groups (broad SMARTS) is 1. The lowest BCUT2D eigenvalue weighted by atomic mass is 9.84. The van der Waals surface area contributed by atoms with Gasteiger partial charge in [-0.2, -0.15) is 41.4 Å². The van der Waals surface area contributed by atoms with E-state index in [2.05, 4.69) is 46.6 Å². The molecule has 0 radical (unpaired) electrons. The summed E-state index contributed by atoms with van der Waals surface area (Å²) in [6.07, 6.45) is -12.4. The highest BCUT2D eigenvalue weighted by atomic mass is 32.2. The van der Waals surface area contributed by atoms with Gasteiger partial charge in [0.25, 0.3) is 12.0 Å². The van der Waals surface area contributed by atoms with Crippen molar-refractivity contribution < 1.29 is 101 Å². The number of hydrogen-bond acceptors (Lipinski definition) is 15. The molecule has 0 saturated carbocycles. The Morgan fingerprint density at radius 1 is 1.01 bits per heavy atom. The number of ether oxygens (including phenoxy) is 2. The van der Waals surface area contributed by atoms with Crippen molar-refractivity contribution in [2.45, 2.75) is 69.6 Å². The predicted molar refractivity (Wildman–Crippen MR) is 262 cm³/mol. The molecule has 2 aromatic carbocycles. The van der Waals surface area contributed by atoms with Crippen molar-refractivity contribution in [3.8, 4) is 23.4 Å². The number of carbonyl (C=O) groups is 4. The maximum absolute atomic E-state index is 15.8. The fraction of sp³-hybridized carbons (Fsp3) is 0.383. The van der Waals surface area contributed by atoms with Gasteiger partial charge in [-0.25, -0.2) is 44.8 Å². The van der Waals surface area contributed by atoms with E-state index in [-0.39, 0.29) is 32.0 Å². The third-order valence-corrected chi connectivity index (χ3v) is 14.1. The first-order chi connectivity index (χ1) is 38.2. The van der Waals surface area contributed by atoms with Gasteiger partial charge >= 0.3 is 32.0 Å². The Morgan fingerprint density at radius 2 is 1.71 bits per heavy atom. The predicted octanol–water partition coefficient (Wildman–Crippen LogP) is 5.30. The van der Waals surface area contributed by atoms with Gasteiger partial charge in [-0.15, -0.1) is 0 Å². The van der Waals surface area contributed by atoms with Crippen LogP contribution in [0, 0.1) is 36.3 Å². The molecule has 3 amide bonds. The maximum Gasteiger partial charge on any atom is 0.472 e. The fourth-order valence-electron chi connectivity index (χ4n) is 9.27. The molecule has 6 aromatic rings. The van der Waals surface area contributed by atoms with Gasteiger partial charge < -0.3 is 29.7 Å². The number of rotatable bonds is 22. The number of carbonyl (C=O) groups excluding carboxylic acids is 3. The highest BCUT2D eigenvalue weighted by molar-refractivity contribution is 7.92. The fourth-order valence-corrected chi connectivity index (χ4v) is 10.4. The Bertz CT molecular complexity index is 3860. The van der Waals surface area contributed by atoms with Gasteiger partial charge in [0.2, 0.25) is 34.5 Å². The van der Waals surface area contributed by atoms with Crippen LogP contribution in [-0.4, -0.2) is 125 Å². The lowest BCUT2D eigenvalue weighted by Crippen LogP contribution is -2.39. The summed E-state index contributed by atoms with van der Waals surface area (Å²) in [6.45, 7) is -3.80. The highest BCUT2D eigenvalue weighted by Crippen LogP contribution is 2.57. The smallest absolute Gasteiger partial charge is 0.472 e. The van der Waals surface area contributed by atoms with Crippen molar-refractivity contribution in [3.05, 3.63) is 98.4 Å². The van der Waals surface area contributed by atoms with Crippen LogP contribution in [0.3, 0.4) is 0 Å². The molecule has 4 heterocycles. The number of nitrogens with one attached hydrogen (secondary N) is 1. The van der Waals surface area contributed by atoms with Crippen molar-refractivity contribution in [1.82, 2.24) is 44.3 Å². The topological polar surface area (TPSA) is 310 Å². The van der Waals surface area contributed by atoms with Crippen molar-refractivity contribution in [2.75, 3.05) is 37.1 Å². The third kappa shape index (κ3) is 12.7. The number of fused-ring (bicyclic) bond motifs is 5. The molecule has 0 spiro atoms. The van der Waals surface area contributed by atoms with Crippen LogP contribution in [0.4, 0.5) is 50.1 Å². The van der Waals surface area contributed by atoms with Gasteiger partial charge in [0.15, 0.2) is 11.5 Å². The summed E-state index contributed by atoms with van der Waals surface area (Å²) in [5.74, 6) is -10.5. The van der Waals surface area contributed by atoms with Crippen LogP contribution >= 0.6 is 7.82 Å². The zero-order chi connectivity index (χ0) is 60.1. The van der Waals surface area contributed by atoms with E-state index >= 15 is 13.6 Å². The number of pyridine rings is 1.